The van der Waals surface area contributed by atoms with Crippen LogP contribution < -0.4 is 15.4 Å². The summed E-state index contributed by atoms with van der Waals surface area (Å²) in [5.41, 5.74) is 2.01. The van der Waals surface area contributed by atoms with Crippen molar-refractivity contribution in [1.29, 1.82) is 0 Å². The summed E-state index contributed by atoms with van der Waals surface area (Å²) < 4.78 is 5.45. The Morgan fingerprint density at radius 2 is 1.75 bits per heavy atom. The van der Waals surface area contributed by atoms with Crippen molar-refractivity contribution < 1.29 is 9.53 Å². The van der Waals surface area contributed by atoms with Gasteiger partial charge in [-0.2, -0.15) is 0 Å². The van der Waals surface area contributed by atoms with Crippen LogP contribution in [-0.2, 0) is 4.79 Å². The van der Waals surface area contributed by atoms with Crippen molar-refractivity contribution in [3.05, 3.63) is 65.7 Å². The molecule has 1 amide bonds. The van der Waals surface area contributed by atoms with E-state index in [0.29, 0.717) is 6.04 Å². The zero-order valence-corrected chi connectivity index (χ0v) is 14.2. The highest BCUT2D eigenvalue weighted by Gasteiger charge is 2.29. The number of hydrogen-bond donors (Lipinski definition) is 2. The molecule has 24 heavy (non-hydrogen) atoms. The van der Waals surface area contributed by atoms with E-state index in [2.05, 4.69) is 17.6 Å². The highest BCUT2D eigenvalue weighted by molar-refractivity contribution is 5.83. The molecule has 1 aliphatic rings. The molecule has 3 rings (SSSR count). The molecule has 1 fully saturated rings. The minimum atomic E-state index is -0.383. The summed E-state index contributed by atoms with van der Waals surface area (Å²) in [5, 5.41) is 6.57. The van der Waals surface area contributed by atoms with E-state index in [1.54, 1.807) is 7.11 Å². The lowest BCUT2D eigenvalue weighted by Crippen LogP contribution is -2.39. The summed E-state index contributed by atoms with van der Waals surface area (Å²) in [7, 11) is 1.67. The lowest BCUT2D eigenvalue weighted by molar-refractivity contribution is -0.123. The number of rotatable bonds is 7. The van der Waals surface area contributed by atoms with Gasteiger partial charge in [0.05, 0.1) is 7.11 Å². The highest BCUT2D eigenvalue weighted by Crippen LogP contribution is 2.28. The molecule has 0 aromatic heterocycles. The molecule has 1 aliphatic carbocycles. The Kier molecular flexibility index (Phi) is 5.16. The standard InChI is InChI=1S/C20H24N2O2/c1-14(17-10-6-7-11-18(17)24-2)21-19(15-8-4-3-5-9-15)20(23)22-16-12-13-16/h3-11,14,16,19,21H,12-13H2,1-2H3,(H,22,23). The highest BCUT2D eigenvalue weighted by atomic mass is 16.5. The van der Waals surface area contributed by atoms with Crippen LogP contribution >= 0.6 is 0 Å². The van der Waals surface area contributed by atoms with Crippen molar-refractivity contribution in [3.63, 3.8) is 0 Å². The molecule has 2 atom stereocenters. The van der Waals surface area contributed by atoms with Crippen LogP contribution in [0.4, 0.5) is 0 Å². The molecule has 4 heteroatoms. The van der Waals surface area contributed by atoms with Gasteiger partial charge in [-0.15, -0.1) is 0 Å². The predicted molar refractivity (Wildman–Crippen MR) is 94.9 cm³/mol. The van der Waals surface area contributed by atoms with Gasteiger partial charge in [0.25, 0.3) is 0 Å². The summed E-state index contributed by atoms with van der Waals surface area (Å²) in [5.74, 6) is 0.859. The maximum absolute atomic E-state index is 12.7. The molecule has 0 heterocycles. The second-order valence-corrected chi connectivity index (χ2v) is 6.26. The van der Waals surface area contributed by atoms with E-state index in [0.717, 1.165) is 29.7 Å². The Morgan fingerprint density at radius 1 is 1.08 bits per heavy atom. The van der Waals surface area contributed by atoms with Gasteiger partial charge in [-0.25, -0.2) is 0 Å². The summed E-state index contributed by atoms with van der Waals surface area (Å²) in [6, 6.07) is 17.7. The van der Waals surface area contributed by atoms with Crippen LogP contribution in [0, 0.1) is 0 Å². The largest absolute Gasteiger partial charge is 0.496 e. The smallest absolute Gasteiger partial charge is 0.241 e. The number of ether oxygens (including phenoxy) is 1. The van der Waals surface area contributed by atoms with Crippen LogP contribution in [0.15, 0.2) is 54.6 Å². The minimum Gasteiger partial charge on any atom is -0.496 e. The Hall–Kier alpha value is -2.33. The lowest BCUT2D eigenvalue weighted by Gasteiger charge is -2.24. The molecule has 0 aliphatic heterocycles. The van der Waals surface area contributed by atoms with Crippen LogP contribution in [0.25, 0.3) is 0 Å². The Morgan fingerprint density at radius 3 is 2.42 bits per heavy atom. The van der Waals surface area contributed by atoms with Crippen molar-refractivity contribution in [2.75, 3.05) is 7.11 Å². The number of para-hydroxylation sites is 1. The van der Waals surface area contributed by atoms with E-state index in [9.17, 15) is 4.79 Å². The molecule has 2 unspecified atom stereocenters. The number of amides is 1. The van der Waals surface area contributed by atoms with Gasteiger partial charge in [0, 0.05) is 17.6 Å². The number of methoxy groups -OCH3 is 1. The molecule has 0 radical (unpaired) electrons. The average molecular weight is 324 g/mol. The second kappa shape index (κ2) is 7.49. The molecular weight excluding hydrogens is 300 g/mol. The van der Waals surface area contributed by atoms with Crippen molar-refractivity contribution in [3.8, 4) is 5.75 Å². The maximum atomic E-state index is 12.7. The summed E-state index contributed by atoms with van der Waals surface area (Å²) >= 11 is 0. The molecule has 4 nitrogen and oxygen atoms in total. The third-order valence-electron chi connectivity index (χ3n) is 4.34. The summed E-state index contributed by atoms with van der Waals surface area (Å²) in [4.78, 5) is 12.7. The van der Waals surface area contributed by atoms with Gasteiger partial charge in [0.1, 0.15) is 11.8 Å². The first-order chi connectivity index (χ1) is 11.7. The van der Waals surface area contributed by atoms with E-state index in [1.165, 1.54) is 0 Å². The summed E-state index contributed by atoms with van der Waals surface area (Å²) in [6.45, 7) is 2.05. The number of nitrogens with one attached hydrogen (secondary N) is 2. The third kappa shape index (κ3) is 3.95. The van der Waals surface area contributed by atoms with Crippen LogP contribution in [0.2, 0.25) is 0 Å². The van der Waals surface area contributed by atoms with Crippen LogP contribution in [-0.4, -0.2) is 19.1 Å². The normalized spacial score (nSPS) is 16.2. The maximum Gasteiger partial charge on any atom is 0.241 e. The van der Waals surface area contributed by atoms with E-state index in [4.69, 9.17) is 4.74 Å². The lowest BCUT2D eigenvalue weighted by atomic mass is 10.0. The second-order valence-electron chi connectivity index (χ2n) is 6.26. The van der Waals surface area contributed by atoms with Gasteiger partial charge in [0.2, 0.25) is 5.91 Å². The van der Waals surface area contributed by atoms with Gasteiger partial charge < -0.3 is 10.1 Å². The third-order valence-corrected chi connectivity index (χ3v) is 4.34. The van der Waals surface area contributed by atoms with Crippen LogP contribution in [0.5, 0.6) is 5.75 Å². The van der Waals surface area contributed by atoms with Gasteiger partial charge in [-0.3, -0.25) is 10.1 Å². The molecule has 2 aromatic rings. The molecule has 2 aromatic carbocycles. The molecule has 2 N–H and O–H groups in total. The fourth-order valence-electron chi connectivity index (χ4n) is 2.84. The van der Waals surface area contributed by atoms with Crippen molar-refractivity contribution in [2.24, 2.45) is 0 Å². The fraction of sp³-hybridized carbons (Fsp3) is 0.350. The Balaban J connectivity index is 1.81. The topological polar surface area (TPSA) is 50.4 Å². The minimum absolute atomic E-state index is 0.0173. The fourth-order valence-corrected chi connectivity index (χ4v) is 2.84. The average Bonchev–Trinajstić information content (AvgIpc) is 3.44. The van der Waals surface area contributed by atoms with Gasteiger partial charge in [-0.05, 0) is 31.4 Å². The molecule has 126 valence electrons. The van der Waals surface area contributed by atoms with Gasteiger partial charge in [-0.1, -0.05) is 48.5 Å². The molecule has 1 saturated carbocycles. The first-order valence-corrected chi connectivity index (χ1v) is 8.43. The monoisotopic (exact) mass is 324 g/mol. The van der Waals surface area contributed by atoms with Gasteiger partial charge in [0.15, 0.2) is 0 Å². The van der Waals surface area contributed by atoms with E-state index in [1.807, 2.05) is 54.6 Å². The van der Waals surface area contributed by atoms with Crippen molar-refractivity contribution >= 4 is 5.91 Å². The van der Waals surface area contributed by atoms with E-state index >= 15 is 0 Å². The predicted octanol–water partition coefficient (Wildman–Crippen LogP) is 3.37. The van der Waals surface area contributed by atoms with E-state index < -0.39 is 0 Å². The Labute approximate surface area is 143 Å². The molecule has 0 spiro atoms. The number of hydrogen-bond acceptors (Lipinski definition) is 3. The van der Waals surface area contributed by atoms with Crippen molar-refractivity contribution in [1.82, 2.24) is 10.6 Å². The zero-order chi connectivity index (χ0) is 16.9. The zero-order valence-electron chi connectivity index (χ0n) is 14.2. The molecule has 0 bridgehead atoms. The SMILES string of the molecule is COc1ccccc1C(C)NC(C(=O)NC1CC1)c1ccccc1. The quantitative estimate of drug-likeness (QED) is 0.821. The van der Waals surface area contributed by atoms with E-state index in [-0.39, 0.29) is 18.0 Å². The Bertz CT molecular complexity index is 683. The summed E-state index contributed by atoms with van der Waals surface area (Å²) in [6.07, 6.45) is 2.16. The van der Waals surface area contributed by atoms with Gasteiger partial charge >= 0.3 is 0 Å². The van der Waals surface area contributed by atoms with Crippen LogP contribution in [0.1, 0.15) is 43.0 Å². The number of benzene rings is 2. The molecular formula is C20H24N2O2. The molecule has 0 saturated heterocycles. The first kappa shape index (κ1) is 16.5. The van der Waals surface area contributed by atoms with Crippen LogP contribution in [0.3, 0.4) is 0 Å². The first-order valence-electron chi connectivity index (χ1n) is 8.43. The number of carbonyl (C=O) groups is 1. The number of carbonyl (C=O) groups excluding carboxylic acids is 1. The van der Waals surface area contributed by atoms with Crippen molar-refractivity contribution in [2.45, 2.75) is 37.9 Å².